The Labute approximate surface area is 94.0 Å². The summed E-state index contributed by atoms with van der Waals surface area (Å²) in [5.41, 5.74) is 1.69. The highest BCUT2D eigenvalue weighted by Gasteiger charge is 2.23. The maximum atomic E-state index is 11.7. The van der Waals surface area contributed by atoms with Gasteiger partial charge in [-0.3, -0.25) is 4.79 Å². The van der Waals surface area contributed by atoms with Crippen LogP contribution in [0.5, 0.6) is 0 Å². The van der Waals surface area contributed by atoms with E-state index >= 15 is 0 Å². The van der Waals surface area contributed by atoms with Crippen molar-refractivity contribution in [1.82, 2.24) is 0 Å². The molecule has 0 spiro atoms. The van der Waals surface area contributed by atoms with Gasteiger partial charge in [0.1, 0.15) is 0 Å². The predicted molar refractivity (Wildman–Crippen MR) is 62.5 cm³/mol. The second-order valence-electron chi connectivity index (χ2n) is 3.90. The summed E-state index contributed by atoms with van der Waals surface area (Å²) in [4.78, 5) is 13.7. The Morgan fingerprint density at radius 3 is 3.00 bits per heavy atom. The van der Waals surface area contributed by atoms with Gasteiger partial charge in [-0.1, -0.05) is 24.6 Å². The molecule has 1 aromatic carbocycles. The number of hydrogen-bond acceptors (Lipinski definition) is 2. The maximum absolute atomic E-state index is 11.7. The van der Waals surface area contributed by atoms with Crippen molar-refractivity contribution in [3.63, 3.8) is 0 Å². The average Bonchev–Trinajstić information content (AvgIpc) is 2.29. The number of halogens is 1. The molecular formula is C11H13ClN2O. The minimum absolute atomic E-state index is 0.0219. The third kappa shape index (κ3) is 1.79. The Bertz CT molecular complexity index is 406. The van der Waals surface area contributed by atoms with E-state index in [2.05, 4.69) is 5.32 Å². The van der Waals surface area contributed by atoms with Gasteiger partial charge in [0.2, 0.25) is 5.91 Å². The summed E-state index contributed by atoms with van der Waals surface area (Å²) in [5.74, 6) is -0.00725. The van der Waals surface area contributed by atoms with Crippen LogP contribution in [0.1, 0.15) is 6.92 Å². The highest BCUT2D eigenvalue weighted by Crippen LogP contribution is 2.34. The number of carbonyl (C=O) groups excluding carboxylic acids is 1. The van der Waals surface area contributed by atoms with E-state index in [0.29, 0.717) is 11.6 Å². The minimum Gasteiger partial charge on any atom is -0.372 e. The Morgan fingerprint density at radius 1 is 1.53 bits per heavy atom. The number of benzene rings is 1. The second kappa shape index (κ2) is 3.74. The molecule has 1 atom stereocenters. The summed E-state index contributed by atoms with van der Waals surface area (Å²) in [6, 6.07) is 5.63. The van der Waals surface area contributed by atoms with Crippen LogP contribution < -0.4 is 10.2 Å². The predicted octanol–water partition coefficient (Wildman–Crippen LogP) is 2.36. The Hall–Kier alpha value is -1.22. The van der Waals surface area contributed by atoms with Crippen LogP contribution in [-0.2, 0) is 4.79 Å². The van der Waals surface area contributed by atoms with Gasteiger partial charge in [0.05, 0.1) is 22.3 Å². The number of amides is 1. The normalized spacial score (nSPS) is 20.6. The molecule has 1 unspecified atom stereocenters. The fraction of sp³-hybridized carbons (Fsp3) is 0.364. The molecule has 0 saturated heterocycles. The molecule has 1 amide bonds. The molecule has 2 rings (SSSR count). The Balaban J connectivity index is 2.51. The van der Waals surface area contributed by atoms with E-state index < -0.39 is 0 Å². The van der Waals surface area contributed by atoms with Gasteiger partial charge >= 0.3 is 0 Å². The molecule has 4 heteroatoms. The molecule has 1 N–H and O–H groups in total. The van der Waals surface area contributed by atoms with E-state index in [4.69, 9.17) is 11.6 Å². The average molecular weight is 225 g/mol. The van der Waals surface area contributed by atoms with Crippen molar-refractivity contribution >= 4 is 28.9 Å². The molecule has 0 aliphatic carbocycles. The van der Waals surface area contributed by atoms with Crippen molar-refractivity contribution in [2.24, 2.45) is 5.92 Å². The molecular weight excluding hydrogens is 212 g/mol. The van der Waals surface area contributed by atoms with Crippen LogP contribution in [0.3, 0.4) is 0 Å². The third-order valence-corrected chi connectivity index (χ3v) is 2.96. The van der Waals surface area contributed by atoms with Crippen molar-refractivity contribution in [3.05, 3.63) is 23.2 Å². The van der Waals surface area contributed by atoms with Crippen LogP contribution >= 0.6 is 11.6 Å². The fourth-order valence-electron chi connectivity index (χ4n) is 1.79. The van der Waals surface area contributed by atoms with Gasteiger partial charge in [0.25, 0.3) is 0 Å². The first-order chi connectivity index (χ1) is 7.09. The van der Waals surface area contributed by atoms with E-state index in [1.165, 1.54) is 0 Å². The van der Waals surface area contributed by atoms with E-state index in [1.54, 1.807) is 6.07 Å². The van der Waals surface area contributed by atoms with Crippen LogP contribution in [0, 0.1) is 5.92 Å². The van der Waals surface area contributed by atoms with Crippen LogP contribution in [-0.4, -0.2) is 19.5 Å². The van der Waals surface area contributed by atoms with Crippen LogP contribution in [0.25, 0.3) is 0 Å². The van der Waals surface area contributed by atoms with Crippen molar-refractivity contribution in [3.8, 4) is 0 Å². The monoisotopic (exact) mass is 224 g/mol. The lowest BCUT2D eigenvalue weighted by molar-refractivity contribution is -0.119. The zero-order valence-electron chi connectivity index (χ0n) is 8.75. The summed E-state index contributed by atoms with van der Waals surface area (Å²) >= 11 is 6.05. The minimum atomic E-state index is -0.0292. The quantitative estimate of drug-likeness (QED) is 0.734. The van der Waals surface area contributed by atoms with E-state index in [9.17, 15) is 4.79 Å². The molecule has 1 heterocycles. The molecule has 0 bridgehead atoms. The van der Waals surface area contributed by atoms with Gasteiger partial charge < -0.3 is 10.2 Å². The van der Waals surface area contributed by atoms with Crippen LogP contribution in [0.4, 0.5) is 11.4 Å². The van der Waals surface area contributed by atoms with E-state index in [0.717, 1.165) is 11.4 Å². The molecule has 80 valence electrons. The first kappa shape index (κ1) is 10.3. The Morgan fingerprint density at radius 2 is 2.27 bits per heavy atom. The van der Waals surface area contributed by atoms with Crippen molar-refractivity contribution in [2.75, 3.05) is 23.8 Å². The first-order valence-electron chi connectivity index (χ1n) is 4.90. The van der Waals surface area contributed by atoms with Gasteiger partial charge in [-0.15, -0.1) is 0 Å². The molecule has 3 nitrogen and oxygen atoms in total. The Kier molecular flexibility index (Phi) is 2.57. The largest absolute Gasteiger partial charge is 0.372 e. The lowest BCUT2D eigenvalue weighted by atomic mass is 10.1. The van der Waals surface area contributed by atoms with Crippen LogP contribution in [0.15, 0.2) is 18.2 Å². The second-order valence-corrected chi connectivity index (χ2v) is 4.31. The fourth-order valence-corrected chi connectivity index (χ4v) is 2.01. The number of anilines is 2. The zero-order chi connectivity index (χ0) is 11.0. The summed E-state index contributed by atoms with van der Waals surface area (Å²) in [6.45, 7) is 2.62. The summed E-state index contributed by atoms with van der Waals surface area (Å²) < 4.78 is 0. The zero-order valence-corrected chi connectivity index (χ0v) is 9.51. The number of nitrogens with one attached hydrogen (secondary N) is 1. The number of fused-ring (bicyclic) bond motifs is 1. The molecule has 0 fully saturated rings. The molecule has 0 radical (unpaired) electrons. The molecule has 1 aliphatic rings. The molecule has 1 aliphatic heterocycles. The number of hydrogen-bond donors (Lipinski definition) is 1. The molecule has 15 heavy (non-hydrogen) atoms. The molecule has 0 aromatic heterocycles. The van der Waals surface area contributed by atoms with Crippen molar-refractivity contribution in [2.45, 2.75) is 6.92 Å². The van der Waals surface area contributed by atoms with Crippen molar-refractivity contribution in [1.29, 1.82) is 0 Å². The number of carbonyl (C=O) groups is 1. The summed E-state index contributed by atoms with van der Waals surface area (Å²) in [6.07, 6.45) is 0. The van der Waals surface area contributed by atoms with E-state index in [1.807, 2.05) is 31.0 Å². The standard InChI is InChI=1S/C11H13ClN2O/c1-7-6-14(2)9-5-3-4-8(12)10(9)13-11(7)15/h3-5,7H,6H2,1-2H3,(H,13,15). The lowest BCUT2D eigenvalue weighted by Crippen LogP contribution is -2.27. The summed E-state index contributed by atoms with van der Waals surface area (Å²) in [7, 11) is 1.96. The topological polar surface area (TPSA) is 32.3 Å². The molecule has 1 aromatic rings. The van der Waals surface area contributed by atoms with Gasteiger partial charge in [-0.25, -0.2) is 0 Å². The number of para-hydroxylation sites is 1. The summed E-state index contributed by atoms with van der Waals surface area (Å²) in [5, 5.41) is 3.44. The molecule has 0 saturated carbocycles. The van der Waals surface area contributed by atoms with Gasteiger partial charge in [0.15, 0.2) is 0 Å². The highest BCUT2D eigenvalue weighted by atomic mass is 35.5. The third-order valence-electron chi connectivity index (χ3n) is 2.65. The van der Waals surface area contributed by atoms with E-state index in [-0.39, 0.29) is 11.8 Å². The highest BCUT2D eigenvalue weighted by molar-refractivity contribution is 6.34. The smallest absolute Gasteiger partial charge is 0.229 e. The lowest BCUT2D eigenvalue weighted by Gasteiger charge is -2.19. The van der Waals surface area contributed by atoms with Gasteiger partial charge in [0, 0.05) is 13.6 Å². The first-order valence-corrected chi connectivity index (χ1v) is 5.28. The van der Waals surface area contributed by atoms with Gasteiger partial charge in [-0.2, -0.15) is 0 Å². The van der Waals surface area contributed by atoms with Gasteiger partial charge in [-0.05, 0) is 12.1 Å². The number of rotatable bonds is 0. The maximum Gasteiger partial charge on any atom is 0.229 e. The van der Waals surface area contributed by atoms with Crippen LogP contribution in [0.2, 0.25) is 5.02 Å². The number of nitrogens with zero attached hydrogens (tertiary/aromatic N) is 1. The van der Waals surface area contributed by atoms with Crippen molar-refractivity contribution < 1.29 is 4.79 Å². The SMILES string of the molecule is CC1CN(C)c2cccc(Cl)c2NC1=O.